The van der Waals surface area contributed by atoms with Crippen molar-refractivity contribution in [2.75, 3.05) is 17.6 Å². The third-order valence-electron chi connectivity index (χ3n) is 3.13. The Kier molecular flexibility index (Phi) is 6.22. The molecule has 0 radical (unpaired) electrons. The molecule has 122 valence electrons. The average molecular weight is 332 g/mol. The standard InChI is InChI=1S/C16H20N4O2S/c1-2-17-16(22)11-20-10-13(9-18-20)12-4-3-5-14(8-12)19-15(21)6-7-23/h3-5,8-10,23H,2,6-7,11H2,1H3,(H,17,22)(H,19,21). The number of carbonyl (C=O) groups excluding carboxylic acids is 2. The SMILES string of the molecule is CCNC(=O)Cn1cc(-c2cccc(NC(=O)CCS)c2)cn1. The molecule has 1 aromatic heterocycles. The number of nitrogens with zero attached hydrogens (tertiary/aromatic N) is 2. The van der Waals surface area contributed by atoms with Gasteiger partial charge in [0.15, 0.2) is 0 Å². The number of hydrogen-bond acceptors (Lipinski definition) is 4. The molecular formula is C16H20N4O2S. The zero-order chi connectivity index (χ0) is 16.7. The van der Waals surface area contributed by atoms with E-state index < -0.39 is 0 Å². The summed E-state index contributed by atoms with van der Waals surface area (Å²) in [5.41, 5.74) is 2.54. The van der Waals surface area contributed by atoms with Crippen LogP contribution in [0.4, 0.5) is 5.69 Å². The van der Waals surface area contributed by atoms with Gasteiger partial charge in [-0.2, -0.15) is 17.7 Å². The van der Waals surface area contributed by atoms with Crippen molar-refractivity contribution in [1.82, 2.24) is 15.1 Å². The highest BCUT2D eigenvalue weighted by atomic mass is 32.1. The highest BCUT2D eigenvalue weighted by molar-refractivity contribution is 7.80. The Morgan fingerprint density at radius 3 is 2.83 bits per heavy atom. The van der Waals surface area contributed by atoms with Crippen molar-refractivity contribution in [2.24, 2.45) is 0 Å². The number of amides is 2. The van der Waals surface area contributed by atoms with Gasteiger partial charge in [-0.05, 0) is 30.4 Å². The number of rotatable bonds is 7. The maximum absolute atomic E-state index is 11.6. The molecule has 7 heteroatoms. The summed E-state index contributed by atoms with van der Waals surface area (Å²) in [6.07, 6.45) is 3.88. The first kappa shape index (κ1) is 17.1. The van der Waals surface area contributed by atoms with Crippen molar-refractivity contribution < 1.29 is 9.59 Å². The van der Waals surface area contributed by atoms with Gasteiger partial charge in [0.25, 0.3) is 0 Å². The van der Waals surface area contributed by atoms with Crippen molar-refractivity contribution in [1.29, 1.82) is 0 Å². The minimum atomic E-state index is -0.0741. The molecule has 0 aliphatic heterocycles. The van der Waals surface area contributed by atoms with Crippen molar-refractivity contribution >= 4 is 30.1 Å². The third-order valence-corrected chi connectivity index (χ3v) is 3.35. The molecule has 0 aliphatic rings. The summed E-state index contributed by atoms with van der Waals surface area (Å²) in [7, 11) is 0. The van der Waals surface area contributed by atoms with Crippen LogP contribution in [-0.4, -0.2) is 33.9 Å². The first-order valence-electron chi connectivity index (χ1n) is 7.42. The number of benzene rings is 1. The molecule has 0 aliphatic carbocycles. The summed E-state index contributed by atoms with van der Waals surface area (Å²) in [6.45, 7) is 2.66. The fraction of sp³-hybridized carbons (Fsp3) is 0.312. The normalized spacial score (nSPS) is 10.3. The highest BCUT2D eigenvalue weighted by Gasteiger charge is 2.07. The zero-order valence-electron chi connectivity index (χ0n) is 13.0. The molecule has 1 heterocycles. The van der Waals surface area contributed by atoms with E-state index in [0.717, 1.165) is 16.8 Å². The van der Waals surface area contributed by atoms with Gasteiger partial charge in [0.05, 0.1) is 6.20 Å². The van der Waals surface area contributed by atoms with Crippen molar-refractivity contribution in [2.45, 2.75) is 19.9 Å². The fourth-order valence-electron chi connectivity index (χ4n) is 2.10. The summed E-state index contributed by atoms with van der Waals surface area (Å²) in [4.78, 5) is 23.2. The van der Waals surface area contributed by atoms with E-state index in [2.05, 4.69) is 28.4 Å². The molecule has 2 amide bonds. The van der Waals surface area contributed by atoms with E-state index in [1.807, 2.05) is 37.4 Å². The van der Waals surface area contributed by atoms with Gasteiger partial charge < -0.3 is 10.6 Å². The van der Waals surface area contributed by atoms with Gasteiger partial charge in [-0.3, -0.25) is 14.3 Å². The van der Waals surface area contributed by atoms with Crippen molar-refractivity contribution in [3.63, 3.8) is 0 Å². The molecule has 0 bridgehead atoms. The molecule has 2 N–H and O–H groups in total. The largest absolute Gasteiger partial charge is 0.355 e. The maximum Gasteiger partial charge on any atom is 0.241 e. The molecular weight excluding hydrogens is 312 g/mol. The van der Waals surface area contributed by atoms with E-state index in [9.17, 15) is 9.59 Å². The summed E-state index contributed by atoms with van der Waals surface area (Å²) in [5.74, 6) is 0.372. The Bertz CT molecular complexity index is 684. The van der Waals surface area contributed by atoms with E-state index in [-0.39, 0.29) is 18.4 Å². The quantitative estimate of drug-likeness (QED) is 0.678. The van der Waals surface area contributed by atoms with Crippen LogP contribution in [-0.2, 0) is 16.1 Å². The summed E-state index contributed by atoms with van der Waals surface area (Å²) in [6, 6.07) is 7.51. The van der Waals surface area contributed by atoms with Gasteiger partial charge >= 0.3 is 0 Å². The van der Waals surface area contributed by atoms with Crippen LogP contribution in [0.1, 0.15) is 13.3 Å². The minimum absolute atomic E-state index is 0.0657. The van der Waals surface area contributed by atoms with Gasteiger partial charge in [0, 0.05) is 30.4 Å². The van der Waals surface area contributed by atoms with E-state index >= 15 is 0 Å². The Labute approximate surface area is 140 Å². The molecule has 2 rings (SSSR count). The number of likely N-dealkylation sites (N-methyl/N-ethyl adjacent to an activating group) is 1. The highest BCUT2D eigenvalue weighted by Crippen LogP contribution is 2.22. The first-order chi connectivity index (χ1) is 11.1. The Hall–Kier alpha value is -2.28. The van der Waals surface area contributed by atoms with Gasteiger partial charge in [-0.15, -0.1) is 0 Å². The second kappa shape index (κ2) is 8.38. The van der Waals surface area contributed by atoms with Crippen LogP contribution < -0.4 is 10.6 Å². The van der Waals surface area contributed by atoms with Gasteiger partial charge in [-0.25, -0.2) is 0 Å². The third kappa shape index (κ3) is 5.14. The summed E-state index contributed by atoms with van der Waals surface area (Å²) in [5, 5.41) is 9.76. The predicted octanol–water partition coefficient (Wildman–Crippen LogP) is 1.94. The molecule has 2 aromatic rings. The molecule has 6 nitrogen and oxygen atoms in total. The van der Waals surface area contributed by atoms with E-state index in [1.54, 1.807) is 10.9 Å². The van der Waals surface area contributed by atoms with Crippen LogP contribution >= 0.6 is 12.6 Å². The Balaban J connectivity index is 2.08. The number of thiol groups is 1. The second-order valence-electron chi connectivity index (χ2n) is 4.98. The topological polar surface area (TPSA) is 76.0 Å². The van der Waals surface area contributed by atoms with E-state index in [0.29, 0.717) is 18.7 Å². The van der Waals surface area contributed by atoms with E-state index in [1.165, 1.54) is 0 Å². The zero-order valence-corrected chi connectivity index (χ0v) is 13.8. The predicted molar refractivity (Wildman–Crippen MR) is 93.4 cm³/mol. The lowest BCUT2D eigenvalue weighted by atomic mass is 10.1. The molecule has 0 saturated carbocycles. The fourth-order valence-corrected chi connectivity index (χ4v) is 2.30. The lowest BCUT2D eigenvalue weighted by Gasteiger charge is -2.06. The minimum Gasteiger partial charge on any atom is -0.355 e. The monoisotopic (exact) mass is 332 g/mol. The van der Waals surface area contributed by atoms with Gasteiger partial charge in [-0.1, -0.05) is 12.1 Å². The van der Waals surface area contributed by atoms with Crippen molar-refractivity contribution in [3.8, 4) is 11.1 Å². The lowest BCUT2D eigenvalue weighted by molar-refractivity contribution is -0.121. The van der Waals surface area contributed by atoms with E-state index in [4.69, 9.17) is 0 Å². The number of nitrogens with one attached hydrogen (secondary N) is 2. The summed E-state index contributed by atoms with van der Waals surface area (Å²) >= 11 is 4.04. The first-order valence-corrected chi connectivity index (χ1v) is 8.06. The van der Waals surface area contributed by atoms with Crippen LogP contribution in [0, 0.1) is 0 Å². The number of carbonyl (C=O) groups is 2. The van der Waals surface area contributed by atoms with Gasteiger partial charge in [0.1, 0.15) is 6.54 Å². The lowest BCUT2D eigenvalue weighted by Crippen LogP contribution is -2.27. The number of hydrogen-bond donors (Lipinski definition) is 3. The number of aromatic nitrogens is 2. The molecule has 0 unspecified atom stereocenters. The smallest absolute Gasteiger partial charge is 0.241 e. The second-order valence-corrected chi connectivity index (χ2v) is 5.43. The van der Waals surface area contributed by atoms with Gasteiger partial charge in [0.2, 0.25) is 11.8 Å². The van der Waals surface area contributed by atoms with Crippen molar-refractivity contribution in [3.05, 3.63) is 36.7 Å². The Morgan fingerprint density at radius 1 is 1.26 bits per heavy atom. The Morgan fingerprint density at radius 2 is 2.09 bits per heavy atom. The average Bonchev–Trinajstić information content (AvgIpc) is 2.96. The van der Waals surface area contributed by atoms with Crippen LogP contribution in [0.3, 0.4) is 0 Å². The molecule has 1 aromatic carbocycles. The molecule has 0 saturated heterocycles. The van der Waals surface area contributed by atoms with Crippen LogP contribution in [0.5, 0.6) is 0 Å². The molecule has 0 atom stereocenters. The molecule has 0 fully saturated rings. The molecule has 0 spiro atoms. The number of anilines is 1. The van der Waals surface area contributed by atoms with Crippen LogP contribution in [0.2, 0.25) is 0 Å². The summed E-state index contributed by atoms with van der Waals surface area (Å²) < 4.78 is 1.59. The van der Waals surface area contributed by atoms with Crippen LogP contribution in [0.25, 0.3) is 11.1 Å². The van der Waals surface area contributed by atoms with Crippen LogP contribution in [0.15, 0.2) is 36.7 Å². The maximum atomic E-state index is 11.6. The molecule has 23 heavy (non-hydrogen) atoms.